The third-order valence-corrected chi connectivity index (χ3v) is 3.46. The number of ether oxygens (including phenoxy) is 1. The van der Waals surface area contributed by atoms with Gasteiger partial charge in [-0.15, -0.1) is 6.42 Å². The van der Waals surface area contributed by atoms with Gasteiger partial charge >= 0.3 is 5.69 Å². The van der Waals surface area contributed by atoms with E-state index >= 15 is 0 Å². The second kappa shape index (κ2) is 8.49. The number of carbonyl (C=O) groups excluding carboxylic acids is 1. The molecular formula is C17H18N4O4. The zero-order valence-electron chi connectivity index (χ0n) is 13.7. The van der Waals surface area contributed by atoms with Gasteiger partial charge in [0.1, 0.15) is 24.8 Å². The van der Waals surface area contributed by atoms with E-state index in [0.29, 0.717) is 5.75 Å². The summed E-state index contributed by atoms with van der Waals surface area (Å²) in [6, 6.07) is 7.10. The maximum Gasteiger partial charge on any atom is 0.306 e. The molecule has 0 unspecified atom stereocenters. The minimum absolute atomic E-state index is 0.0995. The Bertz CT molecular complexity index is 794. The van der Waals surface area contributed by atoms with Crippen LogP contribution in [0.5, 0.6) is 5.75 Å². The summed E-state index contributed by atoms with van der Waals surface area (Å²) in [7, 11) is 0. The highest BCUT2D eigenvalue weighted by atomic mass is 16.6. The molecule has 0 aliphatic rings. The van der Waals surface area contributed by atoms with E-state index in [-0.39, 0.29) is 37.2 Å². The summed E-state index contributed by atoms with van der Waals surface area (Å²) < 4.78 is 6.73. The predicted molar refractivity (Wildman–Crippen MR) is 90.8 cm³/mol. The molecule has 8 nitrogen and oxygen atoms in total. The number of amides is 1. The molecule has 0 saturated carbocycles. The quantitative estimate of drug-likeness (QED) is 0.450. The third-order valence-electron chi connectivity index (χ3n) is 3.46. The average Bonchev–Trinajstić information content (AvgIpc) is 3.08. The molecule has 1 heterocycles. The Labute approximate surface area is 144 Å². The largest absolute Gasteiger partial charge is 0.481 e. The first kappa shape index (κ1) is 18.0. The van der Waals surface area contributed by atoms with Crippen LogP contribution in [0.25, 0.3) is 0 Å². The van der Waals surface area contributed by atoms with Crippen molar-refractivity contribution in [1.29, 1.82) is 0 Å². The van der Waals surface area contributed by atoms with Gasteiger partial charge in [-0.25, -0.2) is 0 Å². The number of nitrogens with zero attached hydrogens (tertiary/aromatic N) is 3. The Morgan fingerprint density at radius 3 is 3.04 bits per heavy atom. The van der Waals surface area contributed by atoms with Crippen molar-refractivity contribution in [2.24, 2.45) is 0 Å². The third kappa shape index (κ3) is 5.35. The van der Waals surface area contributed by atoms with E-state index in [0.717, 1.165) is 11.8 Å². The Morgan fingerprint density at radius 2 is 2.36 bits per heavy atom. The molecule has 1 aromatic carbocycles. The number of benzene rings is 1. The van der Waals surface area contributed by atoms with Crippen LogP contribution in [0.15, 0.2) is 36.7 Å². The summed E-state index contributed by atoms with van der Waals surface area (Å²) in [4.78, 5) is 22.1. The van der Waals surface area contributed by atoms with Gasteiger partial charge in [0, 0.05) is 13.0 Å². The van der Waals surface area contributed by atoms with E-state index < -0.39 is 4.92 Å². The number of aryl methyl sites for hydroxylation is 1. The van der Waals surface area contributed by atoms with Crippen LogP contribution in [-0.2, 0) is 11.3 Å². The lowest BCUT2D eigenvalue weighted by Gasteiger charge is -2.15. The van der Waals surface area contributed by atoms with Crippen molar-refractivity contribution in [3.63, 3.8) is 0 Å². The van der Waals surface area contributed by atoms with Gasteiger partial charge in [0.25, 0.3) is 0 Å². The fourth-order valence-corrected chi connectivity index (χ4v) is 2.18. The predicted octanol–water partition coefficient (Wildman–Crippen LogP) is 2.07. The molecule has 0 bridgehead atoms. The topological polar surface area (TPSA) is 99.3 Å². The molecule has 1 aromatic heterocycles. The number of nitrogens with one attached hydrogen (secondary N) is 1. The smallest absolute Gasteiger partial charge is 0.306 e. The van der Waals surface area contributed by atoms with E-state index in [9.17, 15) is 14.9 Å². The van der Waals surface area contributed by atoms with Crippen LogP contribution in [0, 0.1) is 22.5 Å². The van der Waals surface area contributed by atoms with Crippen molar-refractivity contribution < 1.29 is 14.5 Å². The monoisotopic (exact) mass is 342 g/mol. The van der Waals surface area contributed by atoms with Crippen LogP contribution in [-0.4, -0.2) is 27.2 Å². The highest BCUT2D eigenvalue weighted by Gasteiger charge is 2.12. The number of nitro groups is 1. The average molecular weight is 342 g/mol. The maximum absolute atomic E-state index is 12.1. The normalized spacial score (nSPS) is 11.4. The first-order valence-corrected chi connectivity index (χ1v) is 7.62. The van der Waals surface area contributed by atoms with Gasteiger partial charge in [-0.3, -0.25) is 19.6 Å². The van der Waals surface area contributed by atoms with Gasteiger partial charge < -0.3 is 10.1 Å². The van der Waals surface area contributed by atoms with Crippen LogP contribution >= 0.6 is 0 Å². The second-order valence-corrected chi connectivity index (χ2v) is 5.32. The van der Waals surface area contributed by atoms with Crippen molar-refractivity contribution in [2.75, 3.05) is 6.61 Å². The number of terminal acetylenes is 1. The summed E-state index contributed by atoms with van der Waals surface area (Å²) in [5.74, 6) is 2.85. The van der Waals surface area contributed by atoms with Gasteiger partial charge in [-0.2, -0.15) is 5.10 Å². The summed E-state index contributed by atoms with van der Waals surface area (Å²) >= 11 is 0. The maximum atomic E-state index is 12.1. The molecule has 1 atom stereocenters. The van der Waals surface area contributed by atoms with Crippen molar-refractivity contribution >= 4 is 11.6 Å². The standard InChI is InChI=1S/C17H18N4O4/c1-3-9-25-16-6-4-5-14(10-16)13(2)19-17(22)7-8-20-12-15(11-18-20)21(23)24/h1,4-6,10-13H,7-9H2,2H3,(H,19,22)/t13-/m0/s1. The van der Waals surface area contributed by atoms with Crippen LogP contribution in [0.2, 0.25) is 0 Å². The Kier molecular flexibility index (Phi) is 6.12. The fraction of sp³-hybridized carbons (Fsp3) is 0.294. The Balaban J connectivity index is 1.87. The molecule has 130 valence electrons. The molecule has 0 aliphatic heterocycles. The first-order chi connectivity index (χ1) is 12.0. The molecule has 0 fully saturated rings. The summed E-state index contributed by atoms with van der Waals surface area (Å²) in [5.41, 5.74) is 0.787. The van der Waals surface area contributed by atoms with Crippen molar-refractivity contribution in [2.45, 2.75) is 25.9 Å². The van der Waals surface area contributed by atoms with E-state index in [1.54, 1.807) is 6.07 Å². The second-order valence-electron chi connectivity index (χ2n) is 5.32. The van der Waals surface area contributed by atoms with E-state index in [2.05, 4.69) is 16.3 Å². The van der Waals surface area contributed by atoms with Crippen molar-refractivity contribution in [3.05, 3.63) is 52.3 Å². The molecule has 0 radical (unpaired) electrons. The SMILES string of the molecule is C#CCOc1cccc([C@H](C)NC(=O)CCn2cc([N+](=O)[O-])cn2)c1. The minimum Gasteiger partial charge on any atom is -0.481 e. The number of carbonyl (C=O) groups is 1. The number of rotatable bonds is 8. The van der Waals surface area contributed by atoms with Crippen LogP contribution in [0.4, 0.5) is 5.69 Å². The first-order valence-electron chi connectivity index (χ1n) is 7.62. The van der Waals surface area contributed by atoms with Gasteiger partial charge in [0.15, 0.2) is 0 Å². The molecule has 0 spiro atoms. The van der Waals surface area contributed by atoms with Crippen LogP contribution in [0.3, 0.4) is 0 Å². The lowest BCUT2D eigenvalue weighted by Crippen LogP contribution is -2.27. The zero-order valence-corrected chi connectivity index (χ0v) is 13.7. The van der Waals surface area contributed by atoms with Crippen LogP contribution < -0.4 is 10.1 Å². The van der Waals surface area contributed by atoms with Crippen LogP contribution in [0.1, 0.15) is 24.9 Å². The lowest BCUT2D eigenvalue weighted by molar-refractivity contribution is -0.385. The number of aromatic nitrogens is 2. The van der Waals surface area contributed by atoms with Gasteiger partial charge in [0.05, 0.1) is 11.0 Å². The Hall–Kier alpha value is -3.34. The molecule has 0 aliphatic carbocycles. The minimum atomic E-state index is -0.527. The van der Waals surface area contributed by atoms with Gasteiger partial charge in [-0.1, -0.05) is 18.1 Å². The summed E-state index contributed by atoms with van der Waals surface area (Å²) in [6.45, 7) is 2.30. The Morgan fingerprint density at radius 1 is 1.56 bits per heavy atom. The molecular weight excluding hydrogens is 324 g/mol. The van der Waals surface area contributed by atoms with E-state index in [1.807, 2.05) is 25.1 Å². The van der Waals surface area contributed by atoms with Crippen molar-refractivity contribution in [3.8, 4) is 18.1 Å². The highest BCUT2D eigenvalue weighted by Crippen LogP contribution is 2.19. The summed E-state index contributed by atoms with van der Waals surface area (Å²) in [5, 5.41) is 17.3. The molecule has 1 amide bonds. The van der Waals surface area contributed by atoms with E-state index in [1.165, 1.54) is 10.9 Å². The number of hydrogen-bond donors (Lipinski definition) is 1. The molecule has 25 heavy (non-hydrogen) atoms. The van der Waals surface area contributed by atoms with E-state index in [4.69, 9.17) is 11.2 Å². The van der Waals surface area contributed by atoms with Crippen molar-refractivity contribution in [1.82, 2.24) is 15.1 Å². The molecule has 1 N–H and O–H groups in total. The van der Waals surface area contributed by atoms with Gasteiger partial charge in [-0.05, 0) is 24.6 Å². The molecule has 2 aromatic rings. The zero-order chi connectivity index (χ0) is 18.2. The fourth-order valence-electron chi connectivity index (χ4n) is 2.18. The molecule has 2 rings (SSSR count). The summed E-state index contributed by atoms with van der Waals surface area (Å²) in [6.07, 6.45) is 7.78. The molecule has 8 heteroatoms. The van der Waals surface area contributed by atoms with Gasteiger partial charge in [0.2, 0.25) is 5.91 Å². The highest BCUT2D eigenvalue weighted by molar-refractivity contribution is 5.76. The number of hydrogen-bond acceptors (Lipinski definition) is 5. The lowest BCUT2D eigenvalue weighted by atomic mass is 10.1. The molecule has 0 saturated heterocycles.